The predicted molar refractivity (Wildman–Crippen MR) is 213 cm³/mol. The minimum absolute atomic E-state index is 0.634. The van der Waals surface area contributed by atoms with Crippen LogP contribution in [0.3, 0.4) is 0 Å². The van der Waals surface area contributed by atoms with E-state index in [0.717, 1.165) is 61.2 Å². The van der Waals surface area contributed by atoms with Gasteiger partial charge in [0, 0.05) is 27.5 Å². The minimum Gasteiger partial charge on any atom is -0.456 e. The van der Waals surface area contributed by atoms with Gasteiger partial charge in [-0.25, -0.2) is 9.98 Å². The highest BCUT2D eigenvalue weighted by Crippen LogP contribution is 2.36. The molecule has 0 fully saturated rings. The van der Waals surface area contributed by atoms with Crippen molar-refractivity contribution in [2.45, 2.75) is 0 Å². The molecule has 0 amide bonds. The average molecular weight is 653 g/mol. The predicted octanol–water partition coefficient (Wildman–Crippen LogP) is 12.4. The molecule has 2 heterocycles. The van der Waals surface area contributed by atoms with Gasteiger partial charge in [-0.05, 0) is 63.7 Å². The maximum atomic E-state index is 6.44. The van der Waals surface area contributed by atoms with Crippen LogP contribution in [-0.4, -0.2) is 11.5 Å². The number of hydrogen-bond donors (Lipinski definition) is 0. The molecule has 1 aromatic heterocycles. The summed E-state index contributed by atoms with van der Waals surface area (Å²) in [4.78, 5) is 10.5. The molecule has 9 rings (SSSR count). The monoisotopic (exact) mass is 652 g/mol. The largest absolute Gasteiger partial charge is 0.456 e. The van der Waals surface area contributed by atoms with E-state index in [0.29, 0.717) is 5.84 Å². The Morgan fingerprint density at radius 3 is 1.55 bits per heavy atom. The molecular formula is C48H32N2O. The van der Waals surface area contributed by atoms with Gasteiger partial charge < -0.3 is 4.42 Å². The number of amidine groups is 1. The van der Waals surface area contributed by atoms with Gasteiger partial charge in [0.25, 0.3) is 0 Å². The van der Waals surface area contributed by atoms with Crippen molar-refractivity contribution in [3.63, 3.8) is 0 Å². The Kier molecular flexibility index (Phi) is 7.84. The summed E-state index contributed by atoms with van der Waals surface area (Å²) in [6.45, 7) is 0. The Hall–Kier alpha value is -6.84. The first-order chi connectivity index (χ1) is 25.3. The molecule has 0 atom stereocenters. The van der Waals surface area contributed by atoms with Crippen LogP contribution in [0.5, 0.6) is 0 Å². The van der Waals surface area contributed by atoms with Crippen LogP contribution in [0, 0.1) is 0 Å². The Morgan fingerprint density at radius 2 is 0.922 bits per heavy atom. The number of allylic oxidation sites excluding steroid dienone is 3. The van der Waals surface area contributed by atoms with Crippen molar-refractivity contribution >= 4 is 39.2 Å². The number of aliphatic imine (C=N–C) groups is 2. The molecule has 0 spiro atoms. The van der Waals surface area contributed by atoms with Crippen LogP contribution in [0.15, 0.2) is 209 Å². The molecule has 3 heteroatoms. The van der Waals surface area contributed by atoms with Gasteiger partial charge in [0.05, 0.1) is 11.4 Å². The number of benzene rings is 7. The van der Waals surface area contributed by atoms with Crippen LogP contribution in [0.1, 0.15) is 16.7 Å². The van der Waals surface area contributed by atoms with Crippen LogP contribution in [-0.2, 0) is 0 Å². The quantitative estimate of drug-likeness (QED) is 0.176. The molecule has 8 aromatic rings. The van der Waals surface area contributed by atoms with E-state index < -0.39 is 0 Å². The third-order valence-corrected chi connectivity index (χ3v) is 9.38. The summed E-state index contributed by atoms with van der Waals surface area (Å²) in [5.74, 6) is 0.634. The molecule has 0 saturated carbocycles. The summed E-state index contributed by atoms with van der Waals surface area (Å²) in [5, 5.41) is 2.03. The van der Waals surface area contributed by atoms with Crippen LogP contribution in [0.25, 0.3) is 61.0 Å². The van der Waals surface area contributed by atoms with Gasteiger partial charge in [0.2, 0.25) is 0 Å². The molecule has 0 saturated heterocycles. The van der Waals surface area contributed by atoms with E-state index >= 15 is 0 Å². The molecule has 1 aliphatic rings. The Labute approximate surface area is 296 Å². The van der Waals surface area contributed by atoms with E-state index in [-0.39, 0.29) is 0 Å². The van der Waals surface area contributed by atoms with E-state index in [1.807, 2.05) is 60.7 Å². The number of furan rings is 1. The number of fused-ring (bicyclic) bond motifs is 3. The second kappa shape index (κ2) is 13.2. The first-order valence-corrected chi connectivity index (χ1v) is 17.2. The van der Waals surface area contributed by atoms with E-state index in [2.05, 4.69) is 133 Å². The minimum atomic E-state index is 0.634. The van der Waals surface area contributed by atoms with Gasteiger partial charge in [-0.1, -0.05) is 164 Å². The van der Waals surface area contributed by atoms with Crippen molar-refractivity contribution in [3.8, 4) is 33.4 Å². The summed E-state index contributed by atoms with van der Waals surface area (Å²) in [6.07, 6.45) is 6.14. The van der Waals surface area contributed by atoms with Crippen LogP contribution < -0.4 is 0 Å². The van der Waals surface area contributed by atoms with Gasteiger partial charge in [0.1, 0.15) is 11.2 Å². The van der Waals surface area contributed by atoms with E-state index in [1.54, 1.807) is 0 Å². The summed E-state index contributed by atoms with van der Waals surface area (Å²) in [5.41, 5.74) is 13.4. The Balaban J connectivity index is 1.12. The fourth-order valence-corrected chi connectivity index (χ4v) is 6.75. The first kappa shape index (κ1) is 30.2. The van der Waals surface area contributed by atoms with Crippen LogP contribution >= 0.6 is 0 Å². The van der Waals surface area contributed by atoms with Crippen molar-refractivity contribution in [3.05, 3.63) is 211 Å². The lowest BCUT2D eigenvalue weighted by Gasteiger charge is -2.11. The first-order valence-electron chi connectivity index (χ1n) is 17.2. The lowest BCUT2D eigenvalue weighted by atomic mass is 9.97. The normalized spacial score (nSPS) is 13.0. The Bertz CT molecular complexity index is 2590. The van der Waals surface area contributed by atoms with Crippen molar-refractivity contribution in [2.75, 3.05) is 0 Å². The number of hydrogen-bond acceptors (Lipinski definition) is 3. The van der Waals surface area contributed by atoms with E-state index in [1.165, 1.54) is 22.3 Å². The summed E-state index contributed by atoms with van der Waals surface area (Å²) < 4.78 is 6.44. The van der Waals surface area contributed by atoms with Crippen molar-refractivity contribution < 1.29 is 4.42 Å². The second-order valence-electron chi connectivity index (χ2n) is 12.6. The van der Waals surface area contributed by atoms with Gasteiger partial charge in [-0.2, -0.15) is 0 Å². The molecule has 0 aliphatic carbocycles. The zero-order valence-electron chi connectivity index (χ0n) is 27.8. The average Bonchev–Trinajstić information content (AvgIpc) is 3.58. The zero-order valence-corrected chi connectivity index (χ0v) is 27.8. The maximum absolute atomic E-state index is 6.44. The molecule has 1 aliphatic heterocycles. The van der Waals surface area contributed by atoms with E-state index in [4.69, 9.17) is 14.4 Å². The Morgan fingerprint density at radius 1 is 0.392 bits per heavy atom. The topological polar surface area (TPSA) is 37.9 Å². The molecule has 0 radical (unpaired) electrons. The lowest BCUT2D eigenvalue weighted by Crippen LogP contribution is -2.07. The molecule has 7 aromatic carbocycles. The van der Waals surface area contributed by atoms with Gasteiger partial charge in [-0.15, -0.1) is 0 Å². The highest BCUT2D eigenvalue weighted by Gasteiger charge is 2.18. The molecule has 0 N–H and O–H groups in total. The standard InChI is InChI=1S/C48H32N2O/c1-4-12-33(13-5-1)34-22-24-35(25-23-34)36-26-28-37(29-27-36)40-30-31-45-42(32-40)47-41(18-10-21-46(47)51-45)48-49-43(38-14-6-2-7-15-38)19-11-20-44(50-48)39-16-8-3-9-17-39/h1-32H. The second-order valence-corrected chi connectivity index (χ2v) is 12.6. The SMILES string of the molecule is C1=CC(c2ccccc2)=NC(c2cccc3oc4ccc(-c5ccc(-c6ccc(-c7ccccc7)cc6)cc5)cc4c23)=NC(c2ccccc2)=C1. The van der Waals surface area contributed by atoms with Crippen molar-refractivity contribution in [2.24, 2.45) is 9.98 Å². The molecule has 51 heavy (non-hydrogen) atoms. The molecule has 0 unspecified atom stereocenters. The fraction of sp³-hybridized carbons (Fsp3) is 0. The number of nitrogens with zero attached hydrogens (tertiary/aromatic N) is 2. The van der Waals surface area contributed by atoms with Crippen molar-refractivity contribution in [1.29, 1.82) is 0 Å². The fourth-order valence-electron chi connectivity index (χ4n) is 6.75. The van der Waals surface area contributed by atoms with Crippen molar-refractivity contribution in [1.82, 2.24) is 0 Å². The molecule has 0 bridgehead atoms. The summed E-state index contributed by atoms with van der Waals surface area (Å²) in [7, 11) is 0. The number of rotatable bonds is 6. The maximum Gasteiger partial charge on any atom is 0.161 e. The van der Waals surface area contributed by atoms with Gasteiger partial charge >= 0.3 is 0 Å². The zero-order chi connectivity index (χ0) is 34.0. The van der Waals surface area contributed by atoms with E-state index in [9.17, 15) is 0 Å². The highest BCUT2D eigenvalue weighted by atomic mass is 16.3. The summed E-state index contributed by atoms with van der Waals surface area (Å²) >= 11 is 0. The smallest absolute Gasteiger partial charge is 0.161 e. The third-order valence-electron chi connectivity index (χ3n) is 9.38. The third kappa shape index (κ3) is 6.03. The molecule has 3 nitrogen and oxygen atoms in total. The van der Waals surface area contributed by atoms with Crippen LogP contribution in [0.2, 0.25) is 0 Å². The molecular weight excluding hydrogens is 621 g/mol. The summed E-state index contributed by atoms with van der Waals surface area (Å²) in [6, 6.07) is 61.1. The lowest BCUT2D eigenvalue weighted by molar-refractivity contribution is 0.669. The van der Waals surface area contributed by atoms with Crippen LogP contribution in [0.4, 0.5) is 0 Å². The van der Waals surface area contributed by atoms with Gasteiger partial charge in [-0.3, -0.25) is 0 Å². The molecule has 240 valence electrons. The highest BCUT2D eigenvalue weighted by molar-refractivity contribution is 6.24. The van der Waals surface area contributed by atoms with Gasteiger partial charge in [0.15, 0.2) is 5.84 Å².